The number of aliphatic hydroxyl groups is 1. The number of hydrogen-bond donors (Lipinski definition) is 1. The topological polar surface area (TPSA) is 125 Å². The van der Waals surface area contributed by atoms with E-state index in [9.17, 15) is 24.3 Å². The zero-order valence-corrected chi connectivity index (χ0v) is 12.8. The molecule has 0 fully saturated rings. The second kappa shape index (κ2) is 7.97. The molecule has 1 heterocycles. The molecule has 1 aliphatic rings. The lowest BCUT2D eigenvalue weighted by molar-refractivity contribution is -0.147. The molecule has 0 unspecified atom stereocenters. The van der Waals surface area contributed by atoms with Gasteiger partial charge in [-0.25, -0.2) is 19.2 Å². The van der Waals surface area contributed by atoms with Gasteiger partial charge in [-0.15, -0.1) is 0 Å². The molecule has 9 nitrogen and oxygen atoms in total. The molecule has 0 aromatic heterocycles. The van der Waals surface area contributed by atoms with Gasteiger partial charge in [0, 0.05) is 0 Å². The van der Waals surface area contributed by atoms with Gasteiger partial charge in [-0.2, -0.15) is 0 Å². The van der Waals surface area contributed by atoms with Crippen molar-refractivity contribution < 1.29 is 43.2 Å². The van der Waals surface area contributed by atoms with E-state index < -0.39 is 46.5 Å². The van der Waals surface area contributed by atoms with Crippen molar-refractivity contribution >= 4 is 23.9 Å². The Morgan fingerprint density at radius 1 is 0.957 bits per heavy atom. The molecule has 23 heavy (non-hydrogen) atoms. The highest BCUT2D eigenvalue weighted by atomic mass is 16.6. The van der Waals surface area contributed by atoms with Crippen molar-refractivity contribution in [3.63, 3.8) is 0 Å². The average molecular weight is 328 g/mol. The summed E-state index contributed by atoms with van der Waals surface area (Å²) >= 11 is 0. The van der Waals surface area contributed by atoms with Crippen LogP contribution in [-0.2, 0) is 38.1 Å². The summed E-state index contributed by atoms with van der Waals surface area (Å²) in [5.41, 5.74) is -1.63. The minimum atomic E-state index is -1.25. The van der Waals surface area contributed by atoms with Crippen LogP contribution in [-0.4, -0.2) is 48.8 Å². The van der Waals surface area contributed by atoms with Gasteiger partial charge in [-0.05, 0) is 20.8 Å². The number of hydrogen-bond acceptors (Lipinski definition) is 9. The predicted molar refractivity (Wildman–Crippen MR) is 72.7 cm³/mol. The number of rotatable bonds is 6. The molecule has 0 radical (unpaired) electrons. The summed E-state index contributed by atoms with van der Waals surface area (Å²) in [5.74, 6) is -6.49. The Hall–Kier alpha value is -2.84. The Bertz CT molecular complexity index is 577. The van der Waals surface area contributed by atoms with Crippen LogP contribution in [0.15, 0.2) is 22.7 Å². The molecule has 0 saturated heterocycles. The molecule has 9 heteroatoms. The second-order valence-electron chi connectivity index (χ2n) is 3.98. The number of carbonyl (C=O) groups is 4. The lowest BCUT2D eigenvalue weighted by atomic mass is 10.1. The van der Waals surface area contributed by atoms with Crippen molar-refractivity contribution in [1.82, 2.24) is 0 Å². The highest BCUT2D eigenvalue weighted by molar-refractivity contribution is 6.20. The maximum atomic E-state index is 11.9. The van der Waals surface area contributed by atoms with Gasteiger partial charge in [0.2, 0.25) is 0 Å². The van der Waals surface area contributed by atoms with E-state index in [1.165, 1.54) is 20.8 Å². The van der Waals surface area contributed by atoms with E-state index in [-0.39, 0.29) is 19.8 Å². The van der Waals surface area contributed by atoms with Crippen LogP contribution in [0, 0.1) is 0 Å². The second-order valence-corrected chi connectivity index (χ2v) is 3.98. The normalized spacial score (nSPS) is 13.5. The first-order valence-electron chi connectivity index (χ1n) is 6.80. The number of aliphatic hydroxyl groups excluding tert-OH is 1. The monoisotopic (exact) mass is 328 g/mol. The Balaban J connectivity index is 3.41. The highest BCUT2D eigenvalue weighted by Crippen LogP contribution is 2.29. The number of ether oxygens (including phenoxy) is 4. The largest absolute Gasteiger partial charge is 0.503 e. The van der Waals surface area contributed by atoms with Crippen LogP contribution in [0.5, 0.6) is 0 Å². The summed E-state index contributed by atoms with van der Waals surface area (Å²) in [7, 11) is 0. The van der Waals surface area contributed by atoms with E-state index >= 15 is 0 Å². The summed E-state index contributed by atoms with van der Waals surface area (Å²) in [6.45, 7) is 4.29. The van der Waals surface area contributed by atoms with Gasteiger partial charge in [-0.3, -0.25) is 0 Å². The first kappa shape index (κ1) is 18.2. The summed E-state index contributed by atoms with van der Waals surface area (Å²) in [5, 5.41) is 9.98. The molecule has 1 N–H and O–H groups in total. The van der Waals surface area contributed by atoms with Crippen LogP contribution in [0.25, 0.3) is 0 Å². The number of carbonyl (C=O) groups excluding carboxylic acids is 4. The van der Waals surface area contributed by atoms with Gasteiger partial charge in [0.05, 0.1) is 19.8 Å². The standard InChI is InChI=1S/C14H16O9/c1-4-20-11(16)7-9(15)10(23-14(7)19)8(12(17)21-5-2)13(18)22-6-3/h15H,4-6H2,1-3H3. The van der Waals surface area contributed by atoms with Gasteiger partial charge < -0.3 is 24.1 Å². The zero-order chi connectivity index (χ0) is 17.6. The Kier molecular flexibility index (Phi) is 6.31. The molecule has 0 spiro atoms. The van der Waals surface area contributed by atoms with E-state index in [4.69, 9.17) is 0 Å². The summed E-state index contributed by atoms with van der Waals surface area (Å²) in [6.07, 6.45) is 0. The minimum Gasteiger partial charge on any atom is -0.503 e. The molecule has 0 aromatic carbocycles. The maximum absolute atomic E-state index is 11.9. The lowest BCUT2D eigenvalue weighted by Crippen LogP contribution is -2.21. The van der Waals surface area contributed by atoms with Crippen LogP contribution >= 0.6 is 0 Å². The average Bonchev–Trinajstić information content (AvgIpc) is 2.75. The van der Waals surface area contributed by atoms with Crippen molar-refractivity contribution in [3.05, 3.63) is 22.7 Å². The Morgan fingerprint density at radius 3 is 1.87 bits per heavy atom. The molecule has 126 valence electrons. The van der Waals surface area contributed by atoms with Gasteiger partial charge in [0.1, 0.15) is 0 Å². The number of cyclic esters (lactones) is 1. The molecule has 0 amide bonds. The fourth-order valence-electron chi connectivity index (χ4n) is 1.63. The zero-order valence-electron chi connectivity index (χ0n) is 12.8. The molecule has 0 atom stereocenters. The Morgan fingerprint density at radius 2 is 1.43 bits per heavy atom. The summed E-state index contributed by atoms with van der Waals surface area (Å²) < 4.78 is 18.6. The molecule has 1 rings (SSSR count). The smallest absolute Gasteiger partial charge is 0.355 e. The SMILES string of the molecule is CCOC(=O)C1=C(O)C(=C(C(=O)OCC)C(=O)OCC)OC1=O. The predicted octanol–water partition coefficient (Wildman–Crippen LogP) is 0.299. The van der Waals surface area contributed by atoms with Gasteiger partial charge in [-0.1, -0.05) is 0 Å². The van der Waals surface area contributed by atoms with Gasteiger partial charge in [0.25, 0.3) is 0 Å². The fraction of sp³-hybridized carbons (Fsp3) is 0.429. The van der Waals surface area contributed by atoms with Gasteiger partial charge >= 0.3 is 23.9 Å². The van der Waals surface area contributed by atoms with E-state index in [0.717, 1.165) is 0 Å². The van der Waals surface area contributed by atoms with E-state index in [1.54, 1.807) is 0 Å². The van der Waals surface area contributed by atoms with Crippen molar-refractivity contribution in [2.45, 2.75) is 20.8 Å². The summed E-state index contributed by atoms with van der Waals surface area (Å²) in [4.78, 5) is 47.1. The van der Waals surface area contributed by atoms with E-state index in [1.807, 2.05) is 0 Å². The Labute approximate surface area is 131 Å². The van der Waals surface area contributed by atoms with Crippen molar-refractivity contribution in [2.24, 2.45) is 0 Å². The number of esters is 4. The molecule has 0 saturated carbocycles. The molecular weight excluding hydrogens is 312 g/mol. The van der Waals surface area contributed by atoms with Crippen LogP contribution in [0.4, 0.5) is 0 Å². The van der Waals surface area contributed by atoms with Crippen molar-refractivity contribution in [1.29, 1.82) is 0 Å². The van der Waals surface area contributed by atoms with Crippen molar-refractivity contribution in [2.75, 3.05) is 19.8 Å². The van der Waals surface area contributed by atoms with Crippen molar-refractivity contribution in [3.8, 4) is 0 Å². The third-order valence-electron chi connectivity index (χ3n) is 2.52. The molecule has 0 aromatic rings. The van der Waals surface area contributed by atoms with E-state index in [2.05, 4.69) is 18.9 Å². The quantitative estimate of drug-likeness (QED) is 0.241. The van der Waals surface area contributed by atoms with Gasteiger partial charge in [0.15, 0.2) is 22.7 Å². The molecule has 0 aliphatic carbocycles. The van der Waals surface area contributed by atoms with Crippen LogP contribution in [0.1, 0.15) is 20.8 Å². The third kappa shape index (κ3) is 3.87. The molecular formula is C14H16O9. The molecule has 0 bridgehead atoms. The maximum Gasteiger partial charge on any atom is 0.355 e. The van der Waals surface area contributed by atoms with Crippen LogP contribution in [0.3, 0.4) is 0 Å². The third-order valence-corrected chi connectivity index (χ3v) is 2.52. The lowest BCUT2D eigenvalue weighted by Gasteiger charge is -2.08. The summed E-state index contributed by atoms with van der Waals surface area (Å²) in [6, 6.07) is 0. The van der Waals surface area contributed by atoms with E-state index in [0.29, 0.717) is 0 Å². The highest BCUT2D eigenvalue weighted by Gasteiger charge is 2.42. The fourth-order valence-corrected chi connectivity index (χ4v) is 1.63. The molecule has 1 aliphatic heterocycles. The minimum absolute atomic E-state index is 0.0510. The first-order valence-corrected chi connectivity index (χ1v) is 6.80. The van der Waals surface area contributed by atoms with Crippen LogP contribution in [0.2, 0.25) is 0 Å². The first-order chi connectivity index (χ1) is 10.9. The van der Waals surface area contributed by atoms with Crippen LogP contribution < -0.4 is 0 Å².